The average molecular weight is 273 g/mol. The van der Waals surface area contributed by atoms with Gasteiger partial charge in [0.15, 0.2) is 0 Å². The lowest BCUT2D eigenvalue weighted by Crippen LogP contribution is -2.06. The molecule has 2 heterocycles. The summed E-state index contributed by atoms with van der Waals surface area (Å²) in [5, 5.41) is 23.9. The Bertz CT molecular complexity index is 661. The lowest BCUT2D eigenvalue weighted by atomic mass is 10.0. The molecule has 0 aliphatic carbocycles. The topological polar surface area (TPSA) is 116 Å². The fourth-order valence-corrected chi connectivity index (χ4v) is 1.64. The van der Waals surface area contributed by atoms with Gasteiger partial charge in [-0.25, -0.2) is 4.79 Å². The molecule has 3 N–H and O–H groups in total. The summed E-state index contributed by atoms with van der Waals surface area (Å²) in [6, 6.07) is 3.59. The largest absolute Gasteiger partial charge is 0.502 e. The number of hydrogen-bond acceptors (Lipinski definition) is 5. The third kappa shape index (κ3) is 3.08. The number of aliphatic carboxylic acids is 1. The van der Waals surface area contributed by atoms with Gasteiger partial charge >= 0.3 is 5.97 Å². The van der Waals surface area contributed by atoms with Gasteiger partial charge in [-0.3, -0.25) is 14.9 Å². The van der Waals surface area contributed by atoms with E-state index in [1.165, 1.54) is 6.20 Å². The molecular formula is C13H11N3O4. The van der Waals surface area contributed by atoms with E-state index >= 15 is 0 Å². The number of aliphatic hydroxyl groups is 1. The van der Waals surface area contributed by atoms with Crippen molar-refractivity contribution in [2.75, 3.05) is 0 Å². The average Bonchev–Trinajstić information content (AvgIpc) is 2.88. The molecule has 0 bridgehead atoms. The summed E-state index contributed by atoms with van der Waals surface area (Å²) in [7, 11) is 0. The summed E-state index contributed by atoms with van der Waals surface area (Å²) in [5.74, 6) is -3.22. The van der Waals surface area contributed by atoms with Crippen LogP contribution in [-0.2, 0) is 11.2 Å². The van der Waals surface area contributed by atoms with Crippen LogP contribution in [0.25, 0.3) is 0 Å². The van der Waals surface area contributed by atoms with Crippen LogP contribution in [0.5, 0.6) is 0 Å². The SMILES string of the molecule is O=C(O)C(O)=CC(=O)c1[nH]ncc1Cc1ccncc1. The van der Waals surface area contributed by atoms with Gasteiger partial charge < -0.3 is 10.2 Å². The number of hydrogen-bond donors (Lipinski definition) is 3. The molecule has 0 fully saturated rings. The van der Waals surface area contributed by atoms with Gasteiger partial charge in [0.1, 0.15) is 5.69 Å². The first-order valence-corrected chi connectivity index (χ1v) is 5.67. The van der Waals surface area contributed by atoms with Crippen molar-refractivity contribution in [2.24, 2.45) is 0 Å². The van der Waals surface area contributed by atoms with Crippen LogP contribution in [0.2, 0.25) is 0 Å². The molecule has 0 saturated heterocycles. The van der Waals surface area contributed by atoms with Crippen LogP contribution >= 0.6 is 0 Å². The highest BCUT2D eigenvalue weighted by Crippen LogP contribution is 2.13. The molecule has 2 rings (SSSR count). The number of carbonyl (C=O) groups excluding carboxylic acids is 1. The Kier molecular flexibility index (Phi) is 3.90. The van der Waals surface area contributed by atoms with Crippen molar-refractivity contribution >= 4 is 11.8 Å². The van der Waals surface area contributed by atoms with E-state index in [0.717, 1.165) is 5.56 Å². The maximum absolute atomic E-state index is 11.8. The number of carbonyl (C=O) groups is 2. The number of allylic oxidation sites excluding steroid dienone is 1. The Labute approximate surface area is 113 Å². The Morgan fingerprint density at radius 1 is 1.25 bits per heavy atom. The Morgan fingerprint density at radius 2 is 1.95 bits per heavy atom. The van der Waals surface area contributed by atoms with E-state index in [4.69, 9.17) is 10.2 Å². The normalized spacial score (nSPS) is 11.3. The fraction of sp³-hybridized carbons (Fsp3) is 0.0769. The van der Waals surface area contributed by atoms with Crippen molar-refractivity contribution < 1.29 is 19.8 Å². The van der Waals surface area contributed by atoms with Crippen LogP contribution in [-0.4, -0.2) is 37.1 Å². The number of aliphatic hydroxyl groups excluding tert-OH is 1. The highest BCUT2D eigenvalue weighted by molar-refractivity contribution is 6.07. The van der Waals surface area contributed by atoms with Gasteiger partial charge in [-0.05, 0) is 17.7 Å². The number of carboxylic acids is 1. The maximum atomic E-state index is 11.8. The monoisotopic (exact) mass is 273 g/mol. The summed E-state index contributed by atoms with van der Waals surface area (Å²) in [6.07, 6.45) is 5.84. The zero-order valence-corrected chi connectivity index (χ0v) is 10.3. The molecular weight excluding hydrogens is 262 g/mol. The van der Waals surface area contributed by atoms with Gasteiger partial charge in [0.05, 0.1) is 6.20 Å². The second-order valence-corrected chi connectivity index (χ2v) is 4.00. The second-order valence-electron chi connectivity index (χ2n) is 4.00. The summed E-state index contributed by atoms with van der Waals surface area (Å²) in [4.78, 5) is 26.2. The Morgan fingerprint density at radius 3 is 2.60 bits per heavy atom. The van der Waals surface area contributed by atoms with Crippen molar-refractivity contribution in [3.63, 3.8) is 0 Å². The maximum Gasteiger partial charge on any atom is 0.371 e. The first-order valence-electron chi connectivity index (χ1n) is 5.67. The van der Waals surface area contributed by atoms with E-state index in [1.807, 2.05) is 0 Å². The number of ketones is 1. The van der Waals surface area contributed by atoms with Gasteiger partial charge in [-0.1, -0.05) is 0 Å². The molecule has 0 saturated carbocycles. The number of nitrogens with zero attached hydrogens (tertiary/aromatic N) is 2. The number of aromatic amines is 1. The molecule has 0 aliphatic heterocycles. The highest BCUT2D eigenvalue weighted by atomic mass is 16.4. The van der Waals surface area contributed by atoms with Crippen molar-refractivity contribution in [1.82, 2.24) is 15.2 Å². The standard InChI is InChI=1S/C13H11N3O4/c17-10(6-11(18)13(19)20)12-9(7-15-16-12)5-8-1-3-14-4-2-8/h1-4,6-7,18H,5H2,(H,15,16)(H,19,20). The van der Waals surface area contributed by atoms with Crippen molar-refractivity contribution in [1.29, 1.82) is 0 Å². The van der Waals surface area contributed by atoms with Gasteiger partial charge in [-0.2, -0.15) is 5.10 Å². The first-order chi connectivity index (χ1) is 9.58. The van der Waals surface area contributed by atoms with Crippen LogP contribution < -0.4 is 0 Å². The minimum atomic E-state index is -1.56. The van der Waals surface area contributed by atoms with Gasteiger partial charge in [-0.15, -0.1) is 0 Å². The van der Waals surface area contributed by atoms with Crippen molar-refractivity contribution in [2.45, 2.75) is 6.42 Å². The van der Waals surface area contributed by atoms with Crippen molar-refractivity contribution in [3.05, 3.63) is 59.4 Å². The van der Waals surface area contributed by atoms with Crippen molar-refractivity contribution in [3.8, 4) is 0 Å². The molecule has 102 valence electrons. The zero-order chi connectivity index (χ0) is 14.5. The number of H-pyrrole nitrogens is 1. The number of rotatable bonds is 5. The van der Waals surface area contributed by atoms with Crippen LogP contribution in [0.4, 0.5) is 0 Å². The minimum absolute atomic E-state index is 0.148. The summed E-state index contributed by atoms with van der Waals surface area (Å²) < 4.78 is 0. The van der Waals surface area contributed by atoms with E-state index in [-0.39, 0.29) is 5.69 Å². The first kappa shape index (κ1) is 13.5. The van der Waals surface area contributed by atoms with E-state index in [9.17, 15) is 9.59 Å². The second kappa shape index (κ2) is 5.79. The van der Waals surface area contributed by atoms with E-state index in [0.29, 0.717) is 18.1 Å². The van der Waals surface area contributed by atoms with Crippen LogP contribution in [0.3, 0.4) is 0 Å². The van der Waals surface area contributed by atoms with Crippen LogP contribution in [0.1, 0.15) is 21.6 Å². The van der Waals surface area contributed by atoms with Crippen LogP contribution in [0.15, 0.2) is 42.6 Å². The smallest absolute Gasteiger partial charge is 0.371 e. The minimum Gasteiger partial charge on any atom is -0.502 e. The number of pyridine rings is 1. The Balaban J connectivity index is 2.23. The molecule has 20 heavy (non-hydrogen) atoms. The molecule has 0 aromatic carbocycles. The number of nitrogens with one attached hydrogen (secondary N) is 1. The number of aromatic nitrogens is 3. The molecule has 0 aliphatic rings. The fourth-order valence-electron chi connectivity index (χ4n) is 1.64. The lowest BCUT2D eigenvalue weighted by Gasteiger charge is -2.00. The third-order valence-corrected chi connectivity index (χ3v) is 2.60. The molecule has 0 spiro atoms. The molecule has 7 heteroatoms. The summed E-state index contributed by atoms with van der Waals surface area (Å²) in [6.45, 7) is 0. The zero-order valence-electron chi connectivity index (χ0n) is 10.3. The quantitative estimate of drug-likeness (QED) is 0.427. The molecule has 0 atom stereocenters. The Hall–Kier alpha value is -2.96. The lowest BCUT2D eigenvalue weighted by molar-refractivity contribution is -0.135. The predicted octanol–water partition coefficient (Wildman–Crippen LogP) is 1.10. The predicted molar refractivity (Wildman–Crippen MR) is 68.3 cm³/mol. The van der Waals surface area contributed by atoms with E-state index < -0.39 is 17.5 Å². The summed E-state index contributed by atoms with van der Waals surface area (Å²) >= 11 is 0. The summed E-state index contributed by atoms with van der Waals surface area (Å²) in [5.41, 5.74) is 1.69. The van der Waals surface area contributed by atoms with E-state index in [1.54, 1.807) is 24.5 Å². The molecule has 2 aromatic heterocycles. The molecule has 2 aromatic rings. The molecule has 0 unspecified atom stereocenters. The van der Waals surface area contributed by atoms with Gasteiger partial charge in [0, 0.05) is 30.5 Å². The van der Waals surface area contributed by atoms with Gasteiger partial charge in [0.2, 0.25) is 11.5 Å². The van der Waals surface area contributed by atoms with Gasteiger partial charge in [0.25, 0.3) is 0 Å². The highest BCUT2D eigenvalue weighted by Gasteiger charge is 2.15. The molecule has 7 nitrogen and oxygen atoms in total. The molecule has 0 amide bonds. The van der Waals surface area contributed by atoms with Crippen LogP contribution in [0, 0.1) is 0 Å². The molecule has 0 radical (unpaired) electrons. The van der Waals surface area contributed by atoms with E-state index in [2.05, 4.69) is 15.2 Å². The number of carboxylic acid groups (broad SMARTS) is 1. The third-order valence-electron chi connectivity index (χ3n) is 2.60.